The Morgan fingerprint density at radius 2 is 1.96 bits per heavy atom. The zero-order chi connectivity index (χ0) is 19.1. The molecule has 1 aliphatic heterocycles. The Kier molecular flexibility index (Phi) is 6.93. The molecule has 5 heteroatoms. The van der Waals surface area contributed by atoms with Gasteiger partial charge in [0.15, 0.2) is 0 Å². The van der Waals surface area contributed by atoms with Crippen LogP contribution in [0.4, 0.5) is 0 Å². The van der Waals surface area contributed by atoms with Crippen LogP contribution in [0.25, 0.3) is 0 Å². The van der Waals surface area contributed by atoms with Gasteiger partial charge >= 0.3 is 0 Å². The van der Waals surface area contributed by atoms with Gasteiger partial charge in [-0.1, -0.05) is 30.3 Å². The fraction of sp³-hybridized carbons (Fsp3) is 0.500. The van der Waals surface area contributed by atoms with E-state index in [1.54, 1.807) is 0 Å². The third kappa shape index (κ3) is 5.36. The third-order valence-corrected chi connectivity index (χ3v) is 5.18. The van der Waals surface area contributed by atoms with Crippen molar-refractivity contribution in [3.05, 3.63) is 59.2 Å². The summed E-state index contributed by atoms with van der Waals surface area (Å²) >= 11 is 0. The van der Waals surface area contributed by atoms with E-state index in [-0.39, 0.29) is 5.91 Å². The minimum Gasteiger partial charge on any atom is -0.377 e. The summed E-state index contributed by atoms with van der Waals surface area (Å²) in [4.78, 5) is 23.6. The van der Waals surface area contributed by atoms with E-state index in [1.165, 1.54) is 5.56 Å². The van der Waals surface area contributed by atoms with Crippen molar-refractivity contribution < 1.29 is 9.53 Å². The van der Waals surface area contributed by atoms with Crippen LogP contribution in [-0.2, 0) is 22.6 Å². The number of ether oxygens (including phenoxy) is 1. The van der Waals surface area contributed by atoms with Gasteiger partial charge in [-0.15, -0.1) is 0 Å². The summed E-state index contributed by atoms with van der Waals surface area (Å²) in [5.74, 6) is 1.43. The maximum absolute atomic E-state index is 12.6. The van der Waals surface area contributed by atoms with E-state index >= 15 is 0 Å². The zero-order valence-electron chi connectivity index (χ0n) is 16.4. The summed E-state index contributed by atoms with van der Waals surface area (Å²) < 4.78 is 5.58. The quantitative estimate of drug-likeness (QED) is 0.749. The van der Waals surface area contributed by atoms with E-state index in [4.69, 9.17) is 9.72 Å². The van der Waals surface area contributed by atoms with Gasteiger partial charge in [0.2, 0.25) is 5.91 Å². The standard InChI is InChI=1S/C22H29N3O2/c1-3-27-16-20-15-23-17(2)24-22(20)19-11-13-25(14-12-19)21(26)10-9-18-7-5-4-6-8-18/h4-8,15,19H,3,9-14,16H2,1-2H3. The minimum absolute atomic E-state index is 0.255. The molecule has 0 atom stereocenters. The van der Waals surface area contributed by atoms with Crippen molar-refractivity contribution in [2.24, 2.45) is 0 Å². The van der Waals surface area contributed by atoms with Gasteiger partial charge in [-0.3, -0.25) is 4.79 Å². The summed E-state index contributed by atoms with van der Waals surface area (Å²) in [6.07, 6.45) is 5.18. The second kappa shape index (κ2) is 9.60. The number of amides is 1. The second-order valence-corrected chi connectivity index (χ2v) is 7.11. The lowest BCUT2D eigenvalue weighted by molar-refractivity contribution is -0.132. The number of carbonyl (C=O) groups excluding carboxylic acids is 1. The molecule has 0 unspecified atom stereocenters. The first-order chi connectivity index (χ1) is 13.2. The normalized spacial score (nSPS) is 15.1. The molecule has 5 nitrogen and oxygen atoms in total. The van der Waals surface area contributed by atoms with Gasteiger partial charge in [0.25, 0.3) is 0 Å². The second-order valence-electron chi connectivity index (χ2n) is 7.11. The SMILES string of the molecule is CCOCc1cnc(C)nc1C1CCN(C(=O)CCc2ccccc2)CC1. The van der Waals surface area contributed by atoms with Crippen molar-refractivity contribution in [3.8, 4) is 0 Å². The molecule has 1 saturated heterocycles. The highest BCUT2D eigenvalue weighted by molar-refractivity contribution is 5.76. The van der Waals surface area contributed by atoms with Gasteiger partial charge in [0.1, 0.15) is 5.82 Å². The largest absolute Gasteiger partial charge is 0.377 e. The molecule has 2 heterocycles. The highest BCUT2D eigenvalue weighted by Gasteiger charge is 2.26. The summed E-state index contributed by atoms with van der Waals surface area (Å²) in [6, 6.07) is 10.2. The molecule has 0 spiro atoms. The summed E-state index contributed by atoms with van der Waals surface area (Å²) in [5.41, 5.74) is 3.40. The van der Waals surface area contributed by atoms with Gasteiger partial charge in [-0.2, -0.15) is 0 Å². The lowest BCUT2D eigenvalue weighted by Crippen LogP contribution is -2.38. The number of benzene rings is 1. The number of hydrogen-bond acceptors (Lipinski definition) is 4. The Bertz CT molecular complexity index is 740. The van der Waals surface area contributed by atoms with Gasteiger partial charge in [0.05, 0.1) is 12.3 Å². The van der Waals surface area contributed by atoms with Crippen LogP contribution in [0.1, 0.15) is 54.7 Å². The van der Waals surface area contributed by atoms with Crippen molar-refractivity contribution in [2.45, 2.75) is 52.1 Å². The number of carbonyl (C=O) groups is 1. The molecule has 144 valence electrons. The first kappa shape index (κ1) is 19.5. The highest BCUT2D eigenvalue weighted by atomic mass is 16.5. The third-order valence-electron chi connectivity index (χ3n) is 5.18. The Hall–Kier alpha value is -2.27. The smallest absolute Gasteiger partial charge is 0.222 e. The lowest BCUT2D eigenvalue weighted by Gasteiger charge is -2.32. The fourth-order valence-electron chi connectivity index (χ4n) is 3.65. The Labute approximate surface area is 161 Å². The van der Waals surface area contributed by atoms with Crippen LogP contribution in [-0.4, -0.2) is 40.5 Å². The molecule has 0 bridgehead atoms. The van der Waals surface area contributed by atoms with Crippen LogP contribution in [0.15, 0.2) is 36.5 Å². The predicted molar refractivity (Wildman–Crippen MR) is 105 cm³/mol. The van der Waals surface area contributed by atoms with Gasteiger partial charge in [-0.05, 0) is 38.7 Å². The van der Waals surface area contributed by atoms with Crippen molar-refractivity contribution in [1.82, 2.24) is 14.9 Å². The number of hydrogen-bond donors (Lipinski definition) is 0. The number of aryl methyl sites for hydroxylation is 2. The summed E-state index contributed by atoms with van der Waals surface area (Å²) in [6.45, 7) is 6.76. The van der Waals surface area contributed by atoms with Gasteiger partial charge in [-0.25, -0.2) is 9.97 Å². The van der Waals surface area contributed by atoms with Gasteiger partial charge < -0.3 is 9.64 Å². The van der Waals surface area contributed by atoms with E-state index in [1.807, 2.05) is 43.1 Å². The van der Waals surface area contributed by atoms with Gasteiger partial charge in [0, 0.05) is 43.8 Å². The van der Waals surface area contributed by atoms with Crippen molar-refractivity contribution in [1.29, 1.82) is 0 Å². The predicted octanol–water partition coefficient (Wildman–Crippen LogP) is 3.66. The van der Waals surface area contributed by atoms with Crippen LogP contribution in [0.3, 0.4) is 0 Å². The Balaban J connectivity index is 1.55. The van der Waals surface area contributed by atoms with Crippen LogP contribution in [0.2, 0.25) is 0 Å². The Morgan fingerprint density at radius 3 is 2.67 bits per heavy atom. The molecule has 3 rings (SSSR count). The molecular weight excluding hydrogens is 338 g/mol. The highest BCUT2D eigenvalue weighted by Crippen LogP contribution is 2.29. The molecule has 0 saturated carbocycles. The monoisotopic (exact) mass is 367 g/mol. The molecule has 0 N–H and O–H groups in total. The van der Waals surface area contributed by atoms with E-state index in [0.717, 1.165) is 49.4 Å². The Morgan fingerprint density at radius 1 is 1.22 bits per heavy atom. The zero-order valence-corrected chi connectivity index (χ0v) is 16.4. The lowest BCUT2D eigenvalue weighted by atomic mass is 9.90. The van der Waals surface area contributed by atoms with E-state index in [0.29, 0.717) is 25.6 Å². The van der Waals surface area contributed by atoms with Crippen molar-refractivity contribution in [2.75, 3.05) is 19.7 Å². The first-order valence-corrected chi connectivity index (χ1v) is 9.89. The minimum atomic E-state index is 0.255. The van der Waals surface area contributed by atoms with Crippen LogP contribution < -0.4 is 0 Å². The first-order valence-electron chi connectivity index (χ1n) is 9.89. The average Bonchev–Trinajstić information content (AvgIpc) is 2.72. The van der Waals surface area contributed by atoms with E-state index in [2.05, 4.69) is 17.1 Å². The summed E-state index contributed by atoms with van der Waals surface area (Å²) in [7, 11) is 0. The summed E-state index contributed by atoms with van der Waals surface area (Å²) in [5, 5.41) is 0. The van der Waals surface area contributed by atoms with E-state index in [9.17, 15) is 4.79 Å². The molecule has 1 aliphatic rings. The molecule has 1 amide bonds. The van der Waals surface area contributed by atoms with Crippen LogP contribution >= 0.6 is 0 Å². The van der Waals surface area contributed by atoms with Crippen molar-refractivity contribution >= 4 is 5.91 Å². The molecule has 0 radical (unpaired) electrons. The molecule has 0 aliphatic carbocycles. The molecule has 1 fully saturated rings. The topological polar surface area (TPSA) is 55.3 Å². The van der Waals surface area contributed by atoms with Crippen molar-refractivity contribution in [3.63, 3.8) is 0 Å². The number of nitrogens with zero attached hydrogens (tertiary/aromatic N) is 3. The average molecular weight is 367 g/mol. The molecule has 27 heavy (non-hydrogen) atoms. The maximum atomic E-state index is 12.6. The molecular formula is C22H29N3O2. The molecule has 1 aromatic carbocycles. The number of rotatable bonds is 7. The number of likely N-dealkylation sites (tertiary alicyclic amines) is 1. The molecule has 2 aromatic rings. The maximum Gasteiger partial charge on any atom is 0.222 e. The van der Waals surface area contributed by atoms with Crippen LogP contribution in [0.5, 0.6) is 0 Å². The van der Waals surface area contributed by atoms with Crippen LogP contribution in [0, 0.1) is 6.92 Å². The number of piperidine rings is 1. The number of aromatic nitrogens is 2. The molecule has 1 aromatic heterocycles. The fourth-order valence-corrected chi connectivity index (χ4v) is 3.65. The van der Waals surface area contributed by atoms with E-state index < -0.39 is 0 Å².